The Balaban J connectivity index is 2.28. The van der Waals surface area contributed by atoms with Crippen molar-refractivity contribution >= 4 is 21.7 Å². The number of methoxy groups -OCH3 is 1. The van der Waals surface area contributed by atoms with E-state index in [4.69, 9.17) is 9.47 Å². The van der Waals surface area contributed by atoms with E-state index in [1.54, 1.807) is 20.2 Å². The van der Waals surface area contributed by atoms with Gasteiger partial charge in [0, 0.05) is 13.1 Å². The van der Waals surface area contributed by atoms with Gasteiger partial charge in [0.1, 0.15) is 23.1 Å². The molecule has 0 aliphatic heterocycles. The Bertz CT molecular complexity index is 590. The van der Waals surface area contributed by atoms with E-state index in [0.29, 0.717) is 23.3 Å². The number of rotatable bonds is 4. The second kappa shape index (κ2) is 5.88. The molecule has 0 saturated carbocycles. The molecule has 0 spiro atoms. The summed E-state index contributed by atoms with van der Waals surface area (Å²) in [6.45, 7) is 1.82. The van der Waals surface area contributed by atoms with Gasteiger partial charge in [0.2, 0.25) is 5.88 Å². The molecule has 0 fully saturated rings. The maximum Gasteiger partial charge on any atom is 0.224 e. The Morgan fingerprint density at radius 1 is 1.21 bits per heavy atom. The predicted molar refractivity (Wildman–Crippen MR) is 77.1 cm³/mol. The highest BCUT2D eigenvalue weighted by atomic mass is 79.9. The lowest BCUT2D eigenvalue weighted by Crippen LogP contribution is -1.99. The van der Waals surface area contributed by atoms with Crippen LogP contribution in [-0.4, -0.2) is 24.1 Å². The highest BCUT2D eigenvalue weighted by molar-refractivity contribution is 9.10. The molecule has 5 nitrogen and oxygen atoms in total. The van der Waals surface area contributed by atoms with Crippen molar-refractivity contribution in [1.29, 1.82) is 0 Å². The van der Waals surface area contributed by atoms with Gasteiger partial charge in [-0.3, -0.25) is 0 Å². The summed E-state index contributed by atoms with van der Waals surface area (Å²) in [4.78, 5) is 8.45. The smallest absolute Gasteiger partial charge is 0.224 e. The minimum Gasteiger partial charge on any atom is -0.497 e. The molecular formula is C13H14BrN3O2. The third kappa shape index (κ3) is 3.35. The Morgan fingerprint density at radius 2 is 2.00 bits per heavy atom. The monoisotopic (exact) mass is 323 g/mol. The molecule has 1 N–H and O–H groups in total. The van der Waals surface area contributed by atoms with Crippen LogP contribution in [0.5, 0.6) is 17.4 Å². The summed E-state index contributed by atoms with van der Waals surface area (Å²) in [5.74, 6) is 3.27. The summed E-state index contributed by atoms with van der Waals surface area (Å²) < 4.78 is 11.7. The van der Waals surface area contributed by atoms with Gasteiger partial charge < -0.3 is 14.8 Å². The molecule has 0 amide bonds. The average molecular weight is 324 g/mol. The van der Waals surface area contributed by atoms with Crippen molar-refractivity contribution in [3.8, 4) is 17.4 Å². The quantitative estimate of drug-likeness (QED) is 0.934. The Hall–Kier alpha value is -1.82. The van der Waals surface area contributed by atoms with E-state index in [2.05, 4.69) is 31.2 Å². The summed E-state index contributed by atoms with van der Waals surface area (Å²) in [6, 6.07) is 7.22. The van der Waals surface area contributed by atoms with Crippen LogP contribution in [0.15, 0.2) is 28.7 Å². The fraction of sp³-hybridized carbons (Fsp3) is 0.231. The van der Waals surface area contributed by atoms with Crippen molar-refractivity contribution in [3.63, 3.8) is 0 Å². The van der Waals surface area contributed by atoms with E-state index in [1.807, 2.05) is 25.1 Å². The number of anilines is 1. The molecule has 1 aromatic carbocycles. The topological polar surface area (TPSA) is 56.3 Å². The molecule has 0 aliphatic carbocycles. The molecule has 0 radical (unpaired) electrons. The number of ether oxygens (including phenoxy) is 2. The van der Waals surface area contributed by atoms with Gasteiger partial charge in [-0.2, -0.15) is 4.98 Å². The highest BCUT2D eigenvalue weighted by Gasteiger charge is 2.07. The van der Waals surface area contributed by atoms with Crippen LogP contribution in [-0.2, 0) is 0 Å². The standard InChI is InChI=1S/C13H14BrN3O2/c1-8-16-12(15-2)7-13(17-8)19-11-5-4-9(18-3)6-10(11)14/h4-7H,1-3H3,(H,15,16,17). The van der Waals surface area contributed by atoms with Crippen molar-refractivity contribution < 1.29 is 9.47 Å². The Morgan fingerprint density at radius 3 is 2.63 bits per heavy atom. The van der Waals surface area contributed by atoms with Crippen molar-refractivity contribution in [1.82, 2.24) is 9.97 Å². The number of nitrogens with zero attached hydrogens (tertiary/aromatic N) is 2. The zero-order valence-electron chi connectivity index (χ0n) is 10.9. The van der Waals surface area contributed by atoms with Gasteiger partial charge in [0.05, 0.1) is 11.6 Å². The van der Waals surface area contributed by atoms with Crippen LogP contribution in [0.25, 0.3) is 0 Å². The molecule has 2 aromatic rings. The van der Waals surface area contributed by atoms with Gasteiger partial charge in [-0.1, -0.05) is 0 Å². The number of hydrogen-bond donors (Lipinski definition) is 1. The van der Waals surface area contributed by atoms with E-state index in [1.165, 1.54) is 0 Å². The molecule has 6 heteroatoms. The third-order valence-electron chi connectivity index (χ3n) is 2.42. The van der Waals surface area contributed by atoms with E-state index in [-0.39, 0.29) is 0 Å². The normalized spacial score (nSPS) is 10.1. The minimum absolute atomic E-state index is 0.489. The van der Waals surface area contributed by atoms with Crippen LogP contribution in [0.2, 0.25) is 0 Å². The van der Waals surface area contributed by atoms with Gasteiger partial charge in [0.15, 0.2) is 0 Å². The summed E-state index contributed by atoms with van der Waals surface area (Å²) in [6.07, 6.45) is 0. The first-order valence-corrected chi connectivity index (χ1v) is 6.46. The second-order valence-corrected chi connectivity index (χ2v) is 4.64. The van der Waals surface area contributed by atoms with Crippen LogP contribution in [0, 0.1) is 6.92 Å². The Kier molecular flexibility index (Phi) is 4.21. The van der Waals surface area contributed by atoms with Gasteiger partial charge in [-0.15, -0.1) is 0 Å². The summed E-state index contributed by atoms with van der Waals surface area (Å²) in [7, 11) is 3.42. The lowest BCUT2D eigenvalue weighted by atomic mass is 10.3. The van der Waals surface area contributed by atoms with E-state index >= 15 is 0 Å². The predicted octanol–water partition coefficient (Wildman–Crippen LogP) is 3.39. The number of nitrogens with one attached hydrogen (secondary N) is 1. The molecule has 100 valence electrons. The van der Waals surface area contributed by atoms with Crippen molar-refractivity contribution in [2.75, 3.05) is 19.5 Å². The molecular weight excluding hydrogens is 310 g/mol. The van der Waals surface area contributed by atoms with Crippen LogP contribution in [0.1, 0.15) is 5.82 Å². The lowest BCUT2D eigenvalue weighted by Gasteiger charge is -2.10. The first-order chi connectivity index (χ1) is 9.12. The SMILES string of the molecule is CNc1cc(Oc2ccc(OC)cc2Br)nc(C)n1. The molecule has 19 heavy (non-hydrogen) atoms. The molecule has 0 aliphatic rings. The average Bonchev–Trinajstić information content (AvgIpc) is 2.40. The van der Waals surface area contributed by atoms with Gasteiger partial charge in [-0.25, -0.2) is 4.98 Å². The number of aryl methyl sites for hydroxylation is 1. The highest BCUT2D eigenvalue weighted by Crippen LogP contribution is 2.32. The number of benzene rings is 1. The number of halogens is 1. The zero-order valence-corrected chi connectivity index (χ0v) is 12.5. The Labute approximate surface area is 120 Å². The molecule has 1 aromatic heterocycles. The molecule has 0 bridgehead atoms. The van der Waals surface area contributed by atoms with Crippen LogP contribution in [0.4, 0.5) is 5.82 Å². The molecule has 0 atom stereocenters. The first kappa shape index (κ1) is 13.6. The number of aromatic nitrogens is 2. The fourth-order valence-corrected chi connectivity index (χ4v) is 1.96. The summed E-state index contributed by atoms with van der Waals surface area (Å²) in [5.41, 5.74) is 0. The second-order valence-electron chi connectivity index (χ2n) is 3.79. The largest absolute Gasteiger partial charge is 0.497 e. The maximum absolute atomic E-state index is 5.74. The first-order valence-electron chi connectivity index (χ1n) is 5.67. The molecule has 0 saturated heterocycles. The van der Waals surface area contributed by atoms with Crippen LogP contribution in [0.3, 0.4) is 0 Å². The molecule has 2 rings (SSSR count). The van der Waals surface area contributed by atoms with Crippen molar-refractivity contribution in [3.05, 3.63) is 34.6 Å². The lowest BCUT2D eigenvalue weighted by molar-refractivity contribution is 0.411. The molecule has 1 heterocycles. The van der Waals surface area contributed by atoms with E-state index < -0.39 is 0 Å². The zero-order chi connectivity index (χ0) is 13.8. The van der Waals surface area contributed by atoms with Gasteiger partial charge >= 0.3 is 0 Å². The molecule has 0 unspecified atom stereocenters. The van der Waals surface area contributed by atoms with Gasteiger partial charge in [0.25, 0.3) is 0 Å². The maximum atomic E-state index is 5.74. The van der Waals surface area contributed by atoms with E-state index in [9.17, 15) is 0 Å². The van der Waals surface area contributed by atoms with Crippen LogP contribution >= 0.6 is 15.9 Å². The number of hydrogen-bond acceptors (Lipinski definition) is 5. The van der Waals surface area contributed by atoms with Crippen LogP contribution < -0.4 is 14.8 Å². The third-order valence-corrected chi connectivity index (χ3v) is 3.04. The van der Waals surface area contributed by atoms with Crippen molar-refractivity contribution in [2.24, 2.45) is 0 Å². The van der Waals surface area contributed by atoms with Crippen molar-refractivity contribution in [2.45, 2.75) is 6.92 Å². The van der Waals surface area contributed by atoms with Gasteiger partial charge in [-0.05, 0) is 41.1 Å². The summed E-state index contributed by atoms with van der Waals surface area (Å²) >= 11 is 3.44. The minimum atomic E-state index is 0.489. The summed E-state index contributed by atoms with van der Waals surface area (Å²) in [5, 5.41) is 2.96. The van der Waals surface area contributed by atoms with E-state index in [0.717, 1.165) is 10.2 Å². The fourth-order valence-electron chi connectivity index (χ4n) is 1.52.